The summed E-state index contributed by atoms with van der Waals surface area (Å²) in [4.78, 5) is 14.6. The van der Waals surface area contributed by atoms with Crippen LogP contribution in [0.1, 0.15) is 16.1 Å². The van der Waals surface area contributed by atoms with E-state index in [1.165, 1.54) is 0 Å². The summed E-state index contributed by atoms with van der Waals surface area (Å²) in [6.07, 6.45) is 1.72. The van der Waals surface area contributed by atoms with Gasteiger partial charge in [-0.3, -0.25) is 4.79 Å². The topological polar surface area (TPSA) is 44.9 Å². The van der Waals surface area contributed by atoms with Crippen LogP contribution in [0.4, 0.5) is 5.69 Å². The van der Waals surface area contributed by atoms with Gasteiger partial charge in [0.15, 0.2) is 0 Å². The maximum Gasteiger partial charge on any atom is 0.272 e. The van der Waals surface area contributed by atoms with E-state index < -0.39 is 0 Å². The number of benzene rings is 1. The summed E-state index contributed by atoms with van der Waals surface area (Å²) in [5, 5.41) is 2.84. The summed E-state index contributed by atoms with van der Waals surface area (Å²) < 4.78 is 0.873. The first kappa shape index (κ1) is 11.0. The lowest BCUT2D eigenvalue weighted by Gasteiger charge is -2.07. The first-order valence-corrected chi connectivity index (χ1v) is 5.67. The molecule has 82 valence electrons. The van der Waals surface area contributed by atoms with Gasteiger partial charge in [-0.1, -0.05) is 6.07 Å². The third-order valence-electron chi connectivity index (χ3n) is 2.21. The van der Waals surface area contributed by atoms with E-state index in [2.05, 4.69) is 26.2 Å². The number of nitrogens with one attached hydrogen (secondary N) is 2. The molecule has 1 aromatic carbocycles. The molecule has 2 rings (SSSR count). The van der Waals surface area contributed by atoms with Crippen molar-refractivity contribution in [3.8, 4) is 0 Å². The maximum atomic E-state index is 11.8. The molecule has 4 heteroatoms. The quantitative estimate of drug-likeness (QED) is 0.870. The van der Waals surface area contributed by atoms with Gasteiger partial charge in [0.2, 0.25) is 0 Å². The van der Waals surface area contributed by atoms with Crippen LogP contribution < -0.4 is 5.32 Å². The minimum Gasteiger partial charge on any atom is -0.357 e. The van der Waals surface area contributed by atoms with Gasteiger partial charge < -0.3 is 10.3 Å². The SMILES string of the molecule is Cc1ccc(Br)c(NC(=O)c2ccc[nH]2)c1. The molecule has 0 saturated heterocycles. The van der Waals surface area contributed by atoms with Crippen molar-refractivity contribution in [2.24, 2.45) is 0 Å². The van der Waals surface area contributed by atoms with Crippen LogP contribution in [0.25, 0.3) is 0 Å². The highest BCUT2D eigenvalue weighted by Crippen LogP contribution is 2.23. The summed E-state index contributed by atoms with van der Waals surface area (Å²) in [6, 6.07) is 9.35. The standard InChI is InChI=1S/C12H11BrN2O/c1-8-4-5-9(13)11(7-8)15-12(16)10-3-2-6-14-10/h2-7,14H,1H3,(H,15,16). The average Bonchev–Trinajstić information content (AvgIpc) is 2.76. The Hall–Kier alpha value is -1.55. The molecule has 0 fully saturated rings. The van der Waals surface area contributed by atoms with Crippen LogP contribution in [0.2, 0.25) is 0 Å². The van der Waals surface area contributed by atoms with E-state index in [0.717, 1.165) is 15.7 Å². The molecular formula is C12H11BrN2O. The van der Waals surface area contributed by atoms with Crippen LogP contribution >= 0.6 is 15.9 Å². The van der Waals surface area contributed by atoms with Gasteiger partial charge in [0.25, 0.3) is 5.91 Å². The Balaban J connectivity index is 2.21. The molecule has 1 amide bonds. The zero-order chi connectivity index (χ0) is 11.5. The van der Waals surface area contributed by atoms with E-state index in [1.807, 2.05) is 25.1 Å². The van der Waals surface area contributed by atoms with Crippen LogP contribution in [0.15, 0.2) is 41.0 Å². The second-order valence-corrected chi connectivity index (χ2v) is 4.38. The van der Waals surface area contributed by atoms with Gasteiger partial charge >= 0.3 is 0 Å². The van der Waals surface area contributed by atoms with Crippen molar-refractivity contribution in [1.82, 2.24) is 4.98 Å². The number of H-pyrrole nitrogens is 1. The van der Waals surface area contributed by atoms with Crippen molar-refractivity contribution in [1.29, 1.82) is 0 Å². The van der Waals surface area contributed by atoms with Gasteiger partial charge in [-0.25, -0.2) is 0 Å². The Morgan fingerprint density at radius 3 is 2.88 bits per heavy atom. The summed E-state index contributed by atoms with van der Waals surface area (Å²) in [6.45, 7) is 1.98. The predicted octanol–water partition coefficient (Wildman–Crippen LogP) is 3.34. The van der Waals surface area contributed by atoms with Gasteiger partial charge in [0, 0.05) is 10.7 Å². The molecule has 0 aliphatic carbocycles. The first-order valence-electron chi connectivity index (χ1n) is 4.88. The van der Waals surface area contributed by atoms with Crippen molar-refractivity contribution in [2.75, 3.05) is 5.32 Å². The van der Waals surface area contributed by atoms with Gasteiger partial charge in [-0.2, -0.15) is 0 Å². The zero-order valence-electron chi connectivity index (χ0n) is 8.75. The normalized spacial score (nSPS) is 10.1. The highest BCUT2D eigenvalue weighted by Gasteiger charge is 2.08. The number of hydrogen-bond acceptors (Lipinski definition) is 1. The molecule has 0 atom stereocenters. The van der Waals surface area contributed by atoms with Gasteiger partial charge in [0.05, 0.1) is 5.69 Å². The van der Waals surface area contributed by atoms with E-state index in [-0.39, 0.29) is 5.91 Å². The fraction of sp³-hybridized carbons (Fsp3) is 0.0833. The Labute approximate surface area is 102 Å². The fourth-order valence-electron chi connectivity index (χ4n) is 1.40. The Morgan fingerprint density at radius 2 is 2.19 bits per heavy atom. The second-order valence-electron chi connectivity index (χ2n) is 3.52. The minimum absolute atomic E-state index is 0.142. The van der Waals surface area contributed by atoms with Crippen molar-refractivity contribution >= 4 is 27.5 Å². The van der Waals surface area contributed by atoms with Crippen LogP contribution in [0.3, 0.4) is 0 Å². The molecule has 0 unspecified atom stereocenters. The summed E-state index contributed by atoms with van der Waals surface area (Å²) in [5.74, 6) is -0.142. The molecule has 2 aromatic rings. The number of aromatic amines is 1. The number of aryl methyl sites for hydroxylation is 1. The third-order valence-corrected chi connectivity index (χ3v) is 2.90. The number of hydrogen-bond donors (Lipinski definition) is 2. The summed E-state index contributed by atoms with van der Waals surface area (Å²) in [5.41, 5.74) is 2.43. The van der Waals surface area contributed by atoms with Crippen LogP contribution in [0, 0.1) is 6.92 Å². The number of carbonyl (C=O) groups is 1. The molecule has 16 heavy (non-hydrogen) atoms. The van der Waals surface area contributed by atoms with Gasteiger partial charge in [-0.15, -0.1) is 0 Å². The van der Waals surface area contributed by atoms with E-state index in [1.54, 1.807) is 18.3 Å². The average molecular weight is 279 g/mol. The number of halogens is 1. The number of rotatable bonds is 2. The molecule has 1 aromatic heterocycles. The van der Waals surface area contributed by atoms with Crippen molar-refractivity contribution < 1.29 is 4.79 Å². The first-order chi connectivity index (χ1) is 7.66. The van der Waals surface area contributed by atoms with Crippen LogP contribution in [0.5, 0.6) is 0 Å². The van der Waals surface area contributed by atoms with Gasteiger partial charge in [-0.05, 0) is 52.7 Å². The highest BCUT2D eigenvalue weighted by atomic mass is 79.9. The lowest BCUT2D eigenvalue weighted by molar-refractivity contribution is 0.102. The lowest BCUT2D eigenvalue weighted by Crippen LogP contribution is -2.12. The molecule has 0 saturated carbocycles. The Morgan fingerprint density at radius 1 is 1.38 bits per heavy atom. The smallest absolute Gasteiger partial charge is 0.272 e. The molecule has 3 nitrogen and oxygen atoms in total. The van der Waals surface area contributed by atoms with Crippen molar-refractivity contribution in [3.05, 3.63) is 52.3 Å². The number of carbonyl (C=O) groups excluding carboxylic acids is 1. The molecular weight excluding hydrogens is 268 g/mol. The third kappa shape index (κ3) is 2.33. The van der Waals surface area contributed by atoms with Crippen LogP contribution in [-0.2, 0) is 0 Å². The minimum atomic E-state index is -0.142. The summed E-state index contributed by atoms with van der Waals surface area (Å²) >= 11 is 3.40. The zero-order valence-corrected chi connectivity index (χ0v) is 10.3. The van der Waals surface area contributed by atoms with E-state index in [9.17, 15) is 4.79 Å². The summed E-state index contributed by atoms with van der Waals surface area (Å²) in [7, 11) is 0. The highest BCUT2D eigenvalue weighted by molar-refractivity contribution is 9.10. The monoisotopic (exact) mass is 278 g/mol. The largest absolute Gasteiger partial charge is 0.357 e. The molecule has 0 spiro atoms. The van der Waals surface area contributed by atoms with Crippen molar-refractivity contribution in [2.45, 2.75) is 6.92 Å². The van der Waals surface area contributed by atoms with Crippen molar-refractivity contribution in [3.63, 3.8) is 0 Å². The molecule has 0 radical (unpaired) electrons. The van der Waals surface area contributed by atoms with Gasteiger partial charge in [0.1, 0.15) is 5.69 Å². The molecule has 0 bridgehead atoms. The lowest BCUT2D eigenvalue weighted by atomic mass is 10.2. The molecule has 0 aliphatic heterocycles. The van der Waals surface area contributed by atoms with E-state index in [0.29, 0.717) is 5.69 Å². The number of aromatic nitrogens is 1. The number of amides is 1. The molecule has 2 N–H and O–H groups in total. The van der Waals surface area contributed by atoms with E-state index in [4.69, 9.17) is 0 Å². The van der Waals surface area contributed by atoms with Crippen LogP contribution in [-0.4, -0.2) is 10.9 Å². The number of anilines is 1. The molecule has 0 aliphatic rings. The Bertz CT molecular complexity index is 506. The second kappa shape index (κ2) is 4.53. The molecule has 1 heterocycles. The fourth-order valence-corrected chi connectivity index (χ4v) is 1.74. The Kier molecular flexibility index (Phi) is 3.10. The maximum absolute atomic E-state index is 11.8. The predicted molar refractivity (Wildman–Crippen MR) is 67.6 cm³/mol. The van der Waals surface area contributed by atoms with E-state index >= 15 is 0 Å².